The summed E-state index contributed by atoms with van der Waals surface area (Å²) in [4.78, 5) is 0. The van der Waals surface area contributed by atoms with E-state index in [-0.39, 0.29) is 5.41 Å². The van der Waals surface area contributed by atoms with E-state index in [1.165, 1.54) is 31.2 Å². The first-order chi connectivity index (χ1) is 9.66. The largest absolute Gasteiger partial charge is 0.126 e. The Morgan fingerprint density at radius 1 is 1.05 bits per heavy atom. The number of rotatable bonds is 5. The van der Waals surface area contributed by atoms with Crippen LogP contribution in [0.5, 0.6) is 0 Å². The van der Waals surface area contributed by atoms with Crippen LogP contribution in [0.1, 0.15) is 37.7 Å². The summed E-state index contributed by atoms with van der Waals surface area (Å²) < 4.78 is 1.11. The summed E-state index contributed by atoms with van der Waals surface area (Å²) in [6.45, 7) is 0. The molecule has 2 aliphatic carbocycles. The van der Waals surface area contributed by atoms with E-state index in [9.17, 15) is 0 Å². The van der Waals surface area contributed by atoms with Crippen LogP contribution in [0.4, 0.5) is 0 Å². The lowest BCUT2D eigenvalue weighted by atomic mass is 9.72. The highest BCUT2D eigenvalue weighted by Crippen LogP contribution is 2.52. The molecular formula is C17H21BrCl2. The van der Waals surface area contributed by atoms with Gasteiger partial charge in [-0.05, 0) is 61.1 Å². The minimum absolute atomic E-state index is 0.0566. The normalized spacial score (nSPS) is 29.1. The third kappa shape index (κ3) is 2.78. The molecule has 3 atom stereocenters. The molecule has 0 aliphatic heterocycles. The Morgan fingerprint density at radius 3 is 2.25 bits per heavy atom. The number of halogens is 3. The van der Waals surface area contributed by atoms with Gasteiger partial charge in [-0.2, -0.15) is 0 Å². The van der Waals surface area contributed by atoms with Crippen LogP contribution in [0.3, 0.4) is 0 Å². The number of hydrogen-bond donors (Lipinski definition) is 0. The average molecular weight is 376 g/mol. The molecule has 0 amide bonds. The van der Waals surface area contributed by atoms with Crippen molar-refractivity contribution in [1.82, 2.24) is 0 Å². The Kier molecular flexibility index (Phi) is 4.69. The van der Waals surface area contributed by atoms with Crippen molar-refractivity contribution in [2.45, 2.75) is 37.5 Å². The second-order valence-corrected chi connectivity index (χ2v) is 8.14. The molecule has 0 spiro atoms. The molecule has 0 radical (unpaired) electrons. The summed E-state index contributed by atoms with van der Waals surface area (Å²) in [6, 6.07) is 8.57. The smallest absolute Gasteiger partial charge is 0.0332 e. The summed E-state index contributed by atoms with van der Waals surface area (Å²) >= 11 is 16.3. The van der Waals surface area contributed by atoms with Gasteiger partial charge >= 0.3 is 0 Å². The third-order valence-electron chi connectivity index (χ3n) is 5.51. The number of fused-ring (bicyclic) bond motifs is 2. The second kappa shape index (κ2) is 6.18. The molecule has 110 valence electrons. The van der Waals surface area contributed by atoms with Crippen LogP contribution in [0, 0.1) is 17.8 Å². The van der Waals surface area contributed by atoms with E-state index in [0.717, 1.165) is 28.6 Å². The highest BCUT2D eigenvalue weighted by Gasteiger charge is 2.44. The molecule has 0 saturated heterocycles. The third-order valence-corrected chi connectivity index (χ3v) is 7.06. The van der Waals surface area contributed by atoms with Crippen molar-refractivity contribution in [3.63, 3.8) is 0 Å². The van der Waals surface area contributed by atoms with Gasteiger partial charge in [0.2, 0.25) is 0 Å². The Balaban J connectivity index is 1.82. The van der Waals surface area contributed by atoms with Gasteiger partial charge in [-0.1, -0.05) is 34.5 Å². The highest BCUT2D eigenvalue weighted by molar-refractivity contribution is 9.10. The summed E-state index contributed by atoms with van der Waals surface area (Å²) in [6.07, 6.45) is 6.88. The first-order valence-electron chi connectivity index (χ1n) is 7.55. The quantitative estimate of drug-likeness (QED) is 0.554. The predicted octanol–water partition coefficient (Wildman–Crippen LogP) is 5.99. The van der Waals surface area contributed by atoms with Crippen molar-refractivity contribution in [2.24, 2.45) is 17.8 Å². The molecule has 20 heavy (non-hydrogen) atoms. The molecule has 3 heteroatoms. The van der Waals surface area contributed by atoms with Crippen LogP contribution in [-0.2, 0) is 5.41 Å². The van der Waals surface area contributed by atoms with E-state index >= 15 is 0 Å². The summed E-state index contributed by atoms with van der Waals surface area (Å²) in [5, 5.41) is 0. The molecule has 2 bridgehead atoms. The molecule has 0 nitrogen and oxygen atoms in total. The van der Waals surface area contributed by atoms with E-state index in [1.807, 2.05) is 0 Å². The topological polar surface area (TPSA) is 0 Å². The van der Waals surface area contributed by atoms with E-state index in [4.69, 9.17) is 23.2 Å². The van der Waals surface area contributed by atoms with E-state index in [0.29, 0.717) is 11.8 Å². The SMILES string of the molecule is ClCC(CCl)(CC1CC2CCC1C2)c1ccc(Br)cc1. The molecule has 0 N–H and O–H groups in total. The molecule has 1 aromatic rings. The average Bonchev–Trinajstić information content (AvgIpc) is 3.08. The molecule has 2 aliphatic rings. The molecule has 2 fully saturated rings. The lowest BCUT2D eigenvalue weighted by molar-refractivity contribution is 0.263. The summed E-state index contributed by atoms with van der Waals surface area (Å²) in [5.74, 6) is 3.98. The molecule has 3 unspecified atom stereocenters. The van der Waals surface area contributed by atoms with Crippen LogP contribution in [-0.4, -0.2) is 11.8 Å². The van der Waals surface area contributed by atoms with Gasteiger partial charge in [-0.25, -0.2) is 0 Å². The molecule has 2 saturated carbocycles. The fourth-order valence-corrected chi connectivity index (χ4v) is 5.43. The van der Waals surface area contributed by atoms with Gasteiger partial charge in [-0.3, -0.25) is 0 Å². The lowest BCUT2D eigenvalue weighted by Crippen LogP contribution is -2.34. The van der Waals surface area contributed by atoms with Gasteiger partial charge in [-0.15, -0.1) is 23.2 Å². The summed E-state index contributed by atoms with van der Waals surface area (Å²) in [5.41, 5.74) is 1.24. The van der Waals surface area contributed by atoms with Crippen molar-refractivity contribution in [3.05, 3.63) is 34.3 Å². The second-order valence-electron chi connectivity index (χ2n) is 6.69. The summed E-state index contributed by atoms with van der Waals surface area (Å²) in [7, 11) is 0. The van der Waals surface area contributed by atoms with Gasteiger partial charge in [0.15, 0.2) is 0 Å². The maximum absolute atomic E-state index is 6.38. The zero-order valence-corrected chi connectivity index (χ0v) is 14.7. The fraction of sp³-hybridized carbons (Fsp3) is 0.647. The molecule has 0 heterocycles. The zero-order chi connectivity index (χ0) is 14.2. The Morgan fingerprint density at radius 2 is 1.75 bits per heavy atom. The number of alkyl halides is 2. The van der Waals surface area contributed by atoms with Gasteiger partial charge in [0, 0.05) is 21.6 Å². The minimum Gasteiger partial charge on any atom is -0.126 e. The van der Waals surface area contributed by atoms with Crippen molar-refractivity contribution >= 4 is 39.1 Å². The number of hydrogen-bond acceptors (Lipinski definition) is 0. The van der Waals surface area contributed by atoms with Crippen LogP contribution in [0.2, 0.25) is 0 Å². The van der Waals surface area contributed by atoms with Gasteiger partial charge in [0.1, 0.15) is 0 Å². The Hall–Kier alpha value is 0.280. The van der Waals surface area contributed by atoms with Crippen LogP contribution in [0.25, 0.3) is 0 Å². The standard InChI is InChI=1S/C17H21BrCl2/c18-16-5-3-15(4-6-16)17(10-19,11-20)9-14-8-12-1-2-13(14)7-12/h3-6,12-14H,1-2,7-11H2. The van der Waals surface area contributed by atoms with Crippen LogP contribution in [0.15, 0.2) is 28.7 Å². The zero-order valence-electron chi connectivity index (χ0n) is 11.6. The molecule has 1 aromatic carbocycles. The number of benzene rings is 1. The van der Waals surface area contributed by atoms with Crippen LogP contribution < -0.4 is 0 Å². The van der Waals surface area contributed by atoms with Crippen molar-refractivity contribution < 1.29 is 0 Å². The Labute approximate surface area is 140 Å². The van der Waals surface area contributed by atoms with Crippen molar-refractivity contribution in [3.8, 4) is 0 Å². The lowest BCUT2D eigenvalue weighted by Gasteiger charge is -2.36. The molecular weight excluding hydrogens is 355 g/mol. The first-order valence-corrected chi connectivity index (χ1v) is 9.41. The van der Waals surface area contributed by atoms with E-state index in [1.54, 1.807) is 0 Å². The van der Waals surface area contributed by atoms with Gasteiger partial charge < -0.3 is 0 Å². The van der Waals surface area contributed by atoms with Crippen molar-refractivity contribution in [2.75, 3.05) is 11.8 Å². The van der Waals surface area contributed by atoms with Gasteiger partial charge in [0.05, 0.1) is 0 Å². The highest BCUT2D eigenvalue weighted by atomic mass is 79.9. The Bertz CT molecular complexity index is 453. The van der Waals surface area contributed by atoms with E-state index < -0.39 is 0 Å². The monoisotopic (exact) mass is 374 g/mol. The minimum atomic E-state index is -0.0566. The molecule has 3 rings (SSSR count). The maximum Gasteiger partial charge on any atom is 0.0332 e. The fourth-order valence-electron chi connectivity index (χ4n) is 4.35. The van der Waals surface area contributed by atoms with E-state index in [2.05, 4.69) is 40.2 Å². The maximum atomic E-state index is 6.38. The van der Waals surface area contributed by atoms with Crippen molar-refractivity contribution in [1.29, 1.82) is 0 Å². The van der Waals surface area contributed by atoms with Crippen LogP contribution >= 0.6 is 39.1 Å². The molecule has 0 aromatic heterocycles. The predicted molar refractivity (Wildman–Crippen MR) is 90.8 cm³/mol. The van der Waals surface area contributed by atoms with Gasteiger partial charge in [0.25, 0.3) is 0 Å². The first kappa shape index (κ1) is 15.2.